The monoisotopic (exact) mass is 536 g/mol. The third-order valence-corrected chi connectivity index (χ3v) is 6.95. The number of benzene rings is 4. The molecule has 6 nitrogen and oxygen atoms in total. The zero-order chi connectivity index (χ0) is 27.6. The Kier molecular flexibility index (Phi) is 7.24. The van der Waals surface area contributed by atoms with E-state index >= 15 is 0 Å². The highest BCUT2D eigenvalue weighted by atomic mass is 35.5. The predicted octanol–water partition coefficient (Wildman–Crippen LogP) is 6.62. The maximum atomic E-state index is 13.3. The highest BCUT2D eigenvalue weighted by molar-refractivity contribution is 6.31. The Bertz CT molecular complexity index is 1640. The van der Waals surface area contributed by atoms with Crippen LogP contribution in [0, 0.1) is 0 Å². The molecule has 1 amide bonds. The summed E-state index contributed by atoms with van der Waals surface area (Å²) in [5, 5.41) is 12.2. The molecule has 0 saturated carbocycles. The molecule has 7 heteroatoms. The number of hydrogen-bond donors (Lipinski definition) is 3. The number of aromatic nitrogens is 1. The molecule has 5 aromatic rings. The van der Waals surface area contributed by atoms with Crippen molar-refractivity contribution in [1.82, 2.24) is 4.98 Å². The van der Waals surface area contributed by atoms with Crippen LogP contribution in [0.1, 0.15) is 23.6 Å². The minimum Gasteiger partial charge on any atom is -0.494 e. The van der Waals surface area contributed by atoms with E-state index < -0.39 is 5.54 Å². The smallest absolute Gasteiger partial charge is 0.246 e. The third kappa shape index (κ3) is 5.58. The normalized spacial score (nSPS) is 13.3. The summed E-state index contributed by atoms with van der Waals surface area (Å²) in [5.41, 5.74) is 10.5. The van der Waals surface area contributed by atoms with Crippen LogP contribution in [0.4, 0.5) is 11.4 Å². The second-order valence-corrected chi connectivity index (χ2v) is 10.3. The van der Waals surface area contributed by atoms with Gasteiger partial charge in [0.1, 0.15) is 0 Å². The highest BCUT2D eigenvalue weighted by Crippen LogP contribution is 2.33. The van der Waals surface area contributed by atoms with Crippen LogP contribution in [0.5, 0.6) is 5.88 Å². The number of aromatic amines is 1. The third-order valence-electron chi connectivity index (χ3n) is 6.71. The summed E-state index contributed by atoms with van der Waals surface area (Å²) in [6, 6.07) is 32.2. The number of nitrogens with two attached hydrogens (primary N) is 1. The molecule has 1 atom stereocenters. The number of amides is 1. The zero-order valence-electron chi connectivity index (χ0n) is 21.7. The molecule has 1 unspecified atom stereocenters. The first-order chi connectivity index (χ1) is 18.7. The molecule has 0 aliphatic rings. The maximum Gasteiger partial charge on any atom is 0.246 e. The Balaban J connectivity index is 1.47. The quantitative estimate of drug-likeness (QED) is 0.204. The molecular formula is C32H29ClN4O2. The number of rotatable bonds is 7. The van der Waals surface area contributed by atoms with Gasteiger partial charge in [-0.2, -0.15) is 0 Å². The second kappa shape index (κ2) is 10.8. The fraction of sp³-hybridized carbons (Fsp3) is 0.125. The SMILES string of the molecule is CN(C(=O)C(C)(N)Cc1ccccc1)c1ccc(N=C(c2ccccc2)c2c(O)[nH]c3cc(Cl)ccc23)cc1. The number of carbonyl (C=O) groups excluding carboxylic acids is 1. The Morgan fingerprint density at radius 3 is 2.28 bits per heavy atom. The first kappa shape index (κ1) is 26.2. The van der Waals surface area contributed by atoms with Crippen LogP contribution in [-0.4, -0.2) is 34.3 Å². The fourth-order valence-corrected chi connectivity index (χ4v) is 4.90. The number of carbonyl (C=O) groups is 1. The van der Waals surface area contributed by atoms with Gasteiger partial charge in [0.25, 0.3) is 0 Å². The highest BCUT2D eigenvalue weighted by Gasteiger charge is 2.32. The van der Waals surface area contributed by atoms with Crippen LogP contribution in [0.3, 0.4) is 0 Å². The van der Waals surface area contributed by atoms with Crippen LogP contribution in [0.25, 0.3) is 10.9 Å². The molecule has 1 heterocycles. The first-order valence-electron chi connectivity index (χ1n) is 12.6. The van der Waals surface area contributed by atoms with Crippen molar-refractivity contribution in [2.75, 3.05) is 11.9 Å². The van der Waals surface area contributed by atoms with Crippen molar-refractivity contribution in [1.29, 1.82) is 0 Å². The standard InChI is InChI=1S/C32H29ClN4O2/c1-32(34,20-21-9-5-3-6-10-21)31(39)37(2)25-16-14-24(15-17-25)35-29(22-11-7-4-8-12-22)28-26-18-13-23(33)19-27(26)36-30(28)38/h3-19,36,38H,20,34H2,1-2H3. The van der Waals surface area contributed by atoms with Crippen LogP contribution in [0.15, 0.2) is 108 Å². The van der Waals surface area contributed by atoms with Crippen molar-refractivity contribution in [3.63, 3.8) is 0 Å². The lowest BCUT2D eigenvalue weighted by Gasteiger charge is -2.29. The molecule has 0 spiro atoms. The largest absolute Gasteiger partial charge is 0.494 e. The summed E-state index contributed by atoms with van der Waals surface area (Å²) >= 11 is 6.17. The molecule has 39 heavy (non-hydrogen) atoms. The van der Waals surface area contributed by atoms with E-state index in [1.807, 2.05) is 91.0 Å². The molecule has 0 aliphatic heterocycles. The van der Waals surface area contributed by atoms with Gasteiger partial charge in [0.15, 0.2) is 5.88 Å². The van der Waals surface area contributed by atoms with Crippen LogP contribution < -0.4 is 10.6 Å². The van der Waals surface area contributed by atoms with Gasteiger partial charge in [-0.15, -0.1) is 0 Å². The number of aliphatic imine (C=N–C) groups is 1. The lowest BCUT2D eigenvalue weighted by molar-refractivity contribution is -0.122. The number of H-pyrrole nitrogens is 1. The average Bonchev–Trinajstić information content (AvgIpc) is 3.26. The molecule has 196 valence electrons. The lowest BCUT2D eigenvalue weighted by Crippen LogP contribution is -2.53. The van der Waals surface area contributed by atoms with Crippen molar-refractivity contribution in [2.45, 2.75) is 18.9 Å². The van der Waals surface area contributed by atoms with E-state index in [4.69, 9.17) is 22.3 Å². The Morgan fingerprint density at radius 1 is 0.974 bits per heavy atom. The van der Waals surface area contributed by atoms with Crippen molar-refractivity contribution in [2.24, 2.45) is 10.7 Å². The lowest BCUT2D eigenvalue weighted by atomic mass is 9.92. The summed E-state index contributed by atoms with van der Waals surface area (Å²) < 4.78 is 0. The van der Waals surface area contributed by atoms with Gasteiger partial charge in [-0.1, -0.05) is 78.3 Å². The molecule has 1 aromatic heterocycles. The number of nitrogens with zero attached hydrogens (tertiary/aromatic N) is 2. The Hall–Kier alpha value is -4.39. The number of likely N-dealkylation sites (N-methyl/N-ethyl adjacent to an activating group) is 1. The van der Waals surface area contributed by atoms with Crippen LogP contribution >= 0.6 is 11.6 Å². The number of aromatic hydroxyl groups is 1. The van der Waals surface area contributed by atoms with Gasteiger partial charge in [0.05, 0.1) is 28.0 Å². The van der Waals surface area contributed by atoms with E-state index in [0.29, 0.717) is 34.1 Å². The number of fused-ring (bicyclic) bond motifs is 1. The minimum atomic E-state index is -1.07. The summed E-state index contributed by atoms with van der Waals surface area (Å²) in [7, 11) is 1.72. The molecule has 0 fully saturated rings. The summed E-state index contributed by atoms with van der Waals surface area (Å²) in [5.74, 6) is -0.174. The number of nitrogens with one attached hydrogen (secondary N) is 1. The van der Waals surface area contributed by atoms with Crippen molar-refractivity contribution < 1.29 is 9.90 Å². The van der Waals surface area contributed by atoms with Gasteiger partial charge < -0.3 is 20.7 Å². The summed E-state index contributed by atoms with van der Waals surface area (Å²) in [6.45, 7) is 1.75. The minimum absolute atomic E-state index is 0.0115. The van der Waals surface area contributed by atoms with Gasteiger partial charge in [0.2, 0.25) is 5.91 Å². The second-order valence-electron chi connectivity index (χ2n) is 9.83. The van der Waals surface area contributed by atoms with Crippen molar-refractivity contribution in [3.8, 4) is 5.88 Å². The van der Waals surface area contributed by atoms with Gasteiger partial charge >= 0.3 is 0 Å². The van der Waals surface area contributed by atoms with E-state index in [2.05, 4.69) is 4.98 Å². The van der Waals surface area contributed by atoms with E-state index in [0.717, 1.165) is 22.0 Å². The molecule has 4 N–H and O–H groups in total. The Labute approximate surface area is 232 Å². The predicted molar refractivity (Wildman–Crippen MR) is 159 cm³/mol. The van der Waals surface area contributed by atoms with Gasteiger partial charge in [-0.25, -0.2) is 4.99 Å². The molecule has 0 aliphatic carbocycles. The van der Waals surface area contributed by atoms with Crippen molar-refractivity contribution in [3.05, 3.63) is 125 Å². The average molecular weight is 537 g/mol. The Morgan fingerprint density at radius 2 is 1.62 bits per heavy atom. The molecule has 5 rings (SSSR count). The van der Waals surface area contributed by atoms with E-state index in [9.17, 15) is 9.90 Å². The topological polar surface area (TPSA) is 94.7 Å². The maximum absolute atomic E-state index is 13.3. The molecule has 0 saturated heterocycles. The van der Waals surface area contributed by atoms with Crippen LogP contribution in [0.2, 0.25) is 5.02 Å². The van der Waals surface area contributed by atoms with Gasteiger partial charge in [-0.05, 0) is 55.3 Å². The van der Waals surface area contributed by atoms with Crippen molar-refractivity contribution >= 4 is 45.5 Å². The number of halogens is 1. The molecule has 0 radical (unpaired) electrons. The fourth-order valence-electron chi connectivity index (χ4n) is 4.73. The number of hydrogen-bond acceptors (Lipinski definition) is 4. The number of anilines is 1. The van der Waals surface area contributed by atoms with Gasteiger partial charge in [-0.3, -0.25) is 4.79 Å². The summed E-state index contributed by atoms with van der Waals surface area (Å²) in [4.78, 5) is 22.8. The van der Waals surface area contributed by atoms with Gasteiger partial charge in [0, 0.05) is 28.7 Å². The van der Waals surface area contributed by atoms with E-state index in [1.165, 1.54) is 0 Å². The molecule has 4 aromatic carbocycles. The zero-order valence-corrected chi connectivity index (χ0v) is 22.5. The van der Waals surface area contributed by atoms with E-state index in [-0.39, 0.29) is 11.8 Å². The first-order valence-corrected chi connectivity index (χ1v) is 13.0. The molecular weight excluding hydrogens is 508 g/mol. The van der Waals surface area contributed by atoms with Crippen LogP contribution in [-0.2, 0) is 11.2 Å². The summed E-state index contributed by atoms with van der Waals surface area (Å²) in [6.07, 6.45) is 0.430. The van der Waals surface area contributed by atoms with E-state index in [1.54, 1.807) is 31.0 Å². The molecule has 0 bridgehead atoms.